The summed E-state index contributed by atoms with van der Waals surface area (Å²) in [5, 5.41) is 0. The van der Waals surface area contributed by atoms with E-state index in [4.69, 9.17) is 18.0 Å². The van der Waals surface area contributed by atoms with Crippen LogP contribution in [0.5, 0.6) is 0 Å². The van der Waals surface area contributed by atoms with Crippen LogP contribution in [-0.4, -0.2) is 9.56 Å². The van der Waals surface area contributed by atoms with Crippen molar-refractivity contribution < 1.29 is 4.39 Å². The van der Waals surface area contributed by atoms with Gasteiger partial charge in [-0.1, -0.05) is 34.2 Å². The van der Waals surface area contributed by atoms with Crippen LogP contribution in [0.3, 0.4) is 0 Å². The van der Waals surface area contributed by atoms with Gasteiger partial charge in [-0.15, -0.1) is 0 Å². The second-order valence-electron chi connectivity index (χ2n) is 3.62. The molecule has 17 heavy (non-hydrogen) atoms. The smallest absolute Gasteiger partial charge is 0.124 e. The van der Waals surface area contributed by atoms with Crippen molar-refractivity contribution in [2.24, 2.45) is 5.73 Å². The number of halogens is 2. The first-order chi connectivity index (χ1) is 8.08. The molecule has 1 aromatic carbocycles. The first-order valence-corrected chi connectivity index (χ1v) is 6.17. The van der Waals surface area contributed by atoms with E-state index in [0.29, 0.717) is 11.5 Å². The van der Waals surface area contributed by atoms with E-state index < -0.39 is 0 Å². The summed E-state index contributed by atoms with van der Waals surface area (Å²) >= 11 is 8.30. The number of nitrogens with two attached hydrogens (primary N) is 1. The molecule has 2 N–H and O–H groups in total. The van der Waals surface area contributed by atoms with Crippen molar-refractivity contribution in [3.63, 3.8) is 0 Å². The maximum Gasteiger partial charge on any atom is 0.124 e. The van der Waals surface area contributed by atoms with E-state index in [0.717, 1.165) is 15.7 Å². The van der Waals surface area contributed by atoms with E-state index in [1.807, 2.05) is 22.9 Å². The van der Waals surface area contributed by atoms with Gasteiger partial charge in [0.2, 0.25) is 0 Å². The van der Waals surface area contributed by atoms with Gasteiger partial charge in [0.25, 0.3) is 0 Å². The third kappa shape index (κ3) is 2.73. The predicted molar refractivity (Wildman–Crippen MR) is 73.5 cm³/mol. The summed E-state index contributed by atoms with van der Waals surface area (Å²) in [6.45, 7) is 0.598. The van der Waals surface area contributed by atoms with Crippen LogP contribution >= 0.6 is 28.1 Å². The number of benzene rings is 1. The minimum absolute atomic E-state index is 0.261. The van der Waals surface area contributed by atoms with Crippen LogP contribution in [0.4, 0.5) is 4.39 Å². The molecule has 0 atom stereocenters. The molecule has 5 heteroatoms. The zero-order valence-electron chi connectivity index (χ0n) is 8.86. The maximum atomic E-state index is 13.0. The Morgan fingerprint density at radius 3 is 2.82 bits per heavy atom. The van der Waals surface area contributed by atoms with Crippen LogP contribution in [-0.2, 0) is 6.54 Å². The van der Waals surface area contributed by atoms with Gasteiger partial charge in [-0.2, -0.15) is 0 Å². The van der Waals surface area contributed by atoms with Crippen molar-refractivity contribution in [2.75, 3.05) is 0 Å². The van der Waals surface area contributed by atoms with E-state index in [1.54, 1.807) is 6.07 Å². The molecule has 0 saturated heterocycles. The Labute approximate surface area is 112 Å². The SMILES string of the molecule is NC(=S)c1cccn1Cc1ccc(F)cc1Br. The lowest BCUT2D eigenvalue weighted by Crippen LogP contribution is -2.15. The molecule has 1 aromatic heterocycles. The van der Waals surface area contributed by atoms with E-state index >= 15 is 0 Å². The van der Waals surface area contributed by atoms with E-state index in [2.05, 4.69) is 15.9 Å². The van der Waals surface area contributed by atoms with Crippen molar-refractivity contribution >= 4 is 33.1 Å². The Bertz CT molecular complexity index is 565. The second-order valence-corrected chi connectivity index (χ2v) is 4.92. The fraction of sp³-hybridized carbons (Fsp3) is 0.0833. The third-order valence-corrected chi connectivity index (χ3v) is 3.39. The molecule has 88 valence electrons. The Balaban J connectivity index is 2.31. The first kappa shape index (κ1) is 12.3. The zero-order valence-corrected chi connectivity index (χ0v) is 11.3. The Hall–Kier alpha value is -1.20. The van der Waals surface area contributed by atoms with Crippen LogP contribution in [0.1, 0.15) is 11.3 Å². The van der Waals surface area contributed by atoms with Crippen molar-refractivity contribution in [1.29, 1.82) is 0 Å². The summed E-state index contributed by atoms with van der Waals surface area (Å²) in [7, 11) is 0. The quantitative estimate of drug-likeness (QED) is 0.883. The second kappa shape index (κ2) is 4.98. The lowest BCUT2D eigenvalue weighted by atomic mass is 10.2. The minimum Gasteiger partial charge on any atom is -0.388 e. The number of nitrogens with zero attached hydrogens (tertiary/aromatic N) is 1. The fourth-order valence-corrected chi connectivity index (χ4v) is 2.27. The van der Waals surface area contributed by atoms with Gasteiger partial charge in [0.1, 0.15) is 10.8 Å². The molecule has 0 aliphatic carbocycles. The van der Waals surface area contributed by atoms with Gasteiger partial charge in [0, 0.05) is 17.2 Å². The summed E-state index contributed by atoms with van der Waals surface area (Å²) < 4.78 is 15.6. The molecule has 0 aliphatic heterocycles. The first-order valence-electron chi connectivity index (χ1n) is 4.97. The van der Waals surface area contributed by atoms with Crippen molar-refractivity contribution in [3.8, 4) is 0 Å². The van der Waals surface area contributed by atoms with Crippen LogP contribution in [0, 0.1) is 5.82 Å². The topological polar surface area (TPSA) is 30.9 Å². The number of thiocarbonyl (C=S) groups is 1. The lowest BCUT2D eigenvalue weighted by Gasteiger charge is -2.09. The standard InChI is InChI=1S/C12H10BrFN2S/c13-10-6-9(14)4-3-8(10)7-16-5-1-2-11(16)12(15)17/h1-6H,7H2,(H2,15,17). The number of hydrogen-bond acceptors (Lipinski definition) is 1. The number of aromatic nitrogens is 1. The molecule has 0 fully saturated rings. The highest BCUT2D eigenvalue weighted by Gasteiger charge is 2.07. The van der Waals surface area contributed by atoms with E-state index in [9.17, 15) is 4.39 Å². The van der Waals surface area contributed by atoms with Gasteiger partial charge in [-0.3, -0.25) is 0 Å². The summed E-state index contributed by atoms with van der Waals surface area (Å²) in [5.74, 6) is -0.261. The van der Waals surface area contributed by atoms with Crippen LogP contribution in [0.25, 0.3) is 0 Å². The predicted octanol–water partition coefficient (Wildman–Crippen LogP) is 3.07. The van der Waals surface area contributed by atoms with Crippen molar-refractivity contribution in [2.45, 2.75) is 6.54 Å². The van der Waals surface area contributed by atoms with Crippen molar-refractivity contribution in [3.05, 3.63) is 58.1 Å². The molecule has 2 aromatic rings. The molecule has 0 saturated carbocycles. The van der Waals surface area contributed by atoms with Crippen LogP contribution in [0.15, 0.2) is 41.0 Å². The highest BCUT2D eigenvalue weighted by molar-refractivity contribution is 9.10. The summed E-state index contributed by atoms with van der Waals surface area (Å²) in [6.07, 6.45) is 1.89. The Morgan fingerprint density at radius 2 is 2.18 bits per heavy atom. The Morgan fingerprint density at radius 1 is 1.41 bits per heavy atom. The van der Waals surface area contributed by atoms with Gasteiger partial charge in [-0.05, 0) is 29.8 Å². The van der Waals surface area contributed by atoms with Crippen molar-refractivity contribution in [1.82, 2.24) is 4.57 Å². The molecular weight excluding hydrogens is 303 g/mol. The number of rotatable bonds is 3. The molecule has 0 bridgehead atoms. The van der Waals surface area contributed by atoms with Gasteiger partial charge in [-0.25, -0.2) is 4.39 Å². The molecule has 0 radical (unpaired) electrons. The molecule has 1 heterocycles. The lowest BCUT2D eigenvalue weighted by molar-refractivity contribution is 0.625. The molecule has 0 aliphatic rings. The molecule has 2 nitrogen and oxygen atoms in total. The van der Waals surface area contributed by atoms with Crippen LogP contribution in [0.2, 0.25) is 0 Å². The third-order valence-electron chi connectivity index (χ3n) is 2.44. The zero-order chi connectivity index (χ0) is 12.4. The molecule has 0 amide bonds. The number of hydrogen-bond donors (Lipinski definition) is 1. The van der Waals surface area contributed by atoms with Gasteiger partial charge in [0.15, 0.2) is 0 Å². The summed E-state index contributed by atoms with van der Waals surface area (Å²) in [5.41, 5.74) is 7.39. The summed E-state index contributed by atoms with van der Waals surface area (Å²) in [4.78, 5) is 0.355. The van der Waals surface area contributed by atoms with Gasteiger partial charge in [0.05, 0.1) is 5.69 Å². The van der Waals surface area contributed by atoms with Gasteiger partial charge < -0.3 is 10.3 Å². The fourth-order valence-electron chi connectivity index (χ4n) is 1.61. The Kier molecular flexibility index (Phi) is 3.59. The maximum absolute atomic E-state index is 13.0. The van der Waals surface area contributed by atoms with E-state index in [-0.39, 0.29) is 5.82 Å². The average Bonchev–Trinajstić information content (AvgIpc) is 2.70. The average molecular weight is 313 g/mol. The summed E-state index contributed by atoms with van der Waals surface area (Å²) in [6, 6.07) is 8.36. The molecule has 0 spiro atoms. The highest BCUT2D eigenvalue weighted by Crippen LogP contribution is 2.19. The van der Waals surface area contributed by atoms with Gasteiger partial charge >= 0.3 is 0 Å². The molecule has 0 unspecified atom stereocenters. The largest absolute Gasteiger partial charge is 0.388 e. The monoisotopic (exact) mass is 312 g/mol. The normalized spacial score (nSPS) is 10.5. The highest BCUT2D eigenvalue weighted by atomic mass is 79.9. The van der Waals surface area contributed by atoms with Crippen LogP contribution < -0.4 is 5.73 Å². The molecule has 2 rings (SSSR count). The molecular formula is C12H10BrFN2S. The minimum atomic E-state index is -0.261. The van der Waals surface area contributed by atoms with E-state index in [1.165, 1.54) is 12.1 Å².